The van der Waals surface area contributed by atoms with E-state index in [0.29, 0.717) is 0 Å². The Balaban J connectivity index is 2.54. The zero-order chi connectivity index (χ0) is 8.81. The van der Waals surface area contributed by atoms with Crippen molar-refractivity contribution in [3.8, 4) is 0 Å². The quantitative estimate of drug-likeness (QED) is 0.675. The summed E-state index contributed by atoms with van der Waals surface area (Å²) in [4.78, 5) is 0. The van der Waals surface area contributed by atoms with Gasteiger partial charge in [-0.1, -0.05) is 42.0 Å². The van der Waals surface area contributed by atoms with Crippen molar-refractivity contribution >= 4 is 0 Å². The third-order valence-electron chi connectivity index (χ3n) is 1.78. The first kappa shape index (κ1) is 9.01. The number of benzene rings is 1. The first-order valence-corrected chi connectivity index (χ1v) is 4.13. The third kappa shape index (κ3) is 2.89. The standard InChI is InChI=1S/C11H14O/c1-10(9-12)7-8-11-5-3-2-4-6-11/h2-7,12H,8-9H2,1H3/b10-7+. The zero-order valence-electron chi connectivity index (χ0n) is 7.33. The summed E-state index contributed by atoms with van der Waals surface area (Å²) in [6.07, 6.45) is 2.96. The number of aliphatic hydroxyl groups excluding tert-OH is 1. The minimum Gasteiger partial charge on any atom is -0.392 e. The molecule has 0 aliphatic rings. The molecule has 1 aromatic rings. The minimum absolute atomic E-state index is 0.160. The fourth-order valence-corrected chi connectivity index (χ4v) is 0.971. The molecule has 0 spiro atoms. The van der Waals surface area contributed by atoms with Crippen molar-refractivity contribution in [2.45, 2.75) is 13.3 Å². The Morgan fingerprint density at radius 2 is 2.00 bits per heavy atom. The molecule has 1 N–H and O–H groups in total. The summed E-state index contributed by atoms with van der Waals surface area (Å²) in [6, 6.07) is 10.2. The highest BCUT2D eigenvalue weighted by Crippen LogP contribution is 2.02. The molecule has 64 valence electrons. The van der Waals surface area contributed by atoms with Crippen LogP contribution in [0.2, 0.25) is 0 Å². The van der Waals surface area contributed by atoms with Crippen LogP contribution in [0, 0.1) is 0 Å². The van der Waals surface area contributed by atoms with Crippen LogP contribution in [0.1, 0.15) is 12.5 Å². The average Bonchev–Trinajstić information content (AvgIpc) is 2.16. The Bertz CT molecular complexity index is 249. The van der Waals surface area contributed by atoms with E-state index in [-0.39, 0.29) is 6.61 Å². The summed E-state index contributed by atoms with van der Waals surface area (Å²) in [5, 5.41) is 8.74. The van der Waals surface area contributed by atoms with Crippen LogP contribution in [-0.4, -0.2) is 11.7 Å². The molecule has 0 heterocycles. The number of rotatable bonds is 3. The molecule has 1 rings (SSSR count). The number of hydrogen-bond acceptors (Lipinski definition) is 1. The van der Waals surface area contributed by atoms with E-state index in [1.54, 1.807) is 0 Å². The largest absolute Gasteiger partial charge is 0.392 e. The van der Waals surface area contributed by atoms with E-state index in [0.717, 1.165) is 12.0 Å². The van der Waals surface area contributed by atoms with E-state index in [9.17, 15) is 0 Å². The van der Waals surface area contributed by atoms with Gasteiger partial charge in [0.2, 0.25) is 0 Å². The fraction of sp³-hybridized carbons (Fsp3) is 0.273. The van der Waals surface area contributed by atoms with Gasteiger partial charge < -0.3 is 5.11 Å². The molecule has 1 aromatic carbocycles. The summed E-state index contributed by atoms with van der Waals surface area (Å²) in [5.41, 5.74) is 2.31. The number of aliphatic hydroxyl groups is 1. The van der Waals surface area contributed by atoms with E-state index >= 15 is 0 Å². The van der Waals surface area contributed by atoms with Gasteiger partial charge in [0, 0.05) is 0 Å². The van der Waals surface area contributed by atoms with E-state index in [4.69, 9.17) is 5.11 Å². The maximum absolute atomic E-state index is 8.74. The van der Waals surface area contributed by atoms with Gasteiger partial charge in [-0.3, -0.25) is 0 Å². The lowest BCUT2D eigenvalue weighted by molar-refractivity contribution is 0.331. The lowest BCUT2D eigenvalue weighted by Gasteiger charge is -1.96. The topological polar surface area (TPSA) is 20.2 Å². The molecule has 0 bridgehead atoms. The molecule has 0 radical (unpaired) electrons. The monoisotopic (exact) mass is 162 g/mol. The Labute approximate surface area is 73.4 Å². The smallest absolute Gasteiger partial charge is 0.0639 e. The first-order chi connectivity index (χ1) is 5.83. The molecule has 0 amide bonds. The molecule has 0 saturated heterocycles. The summed E-state index contributed by atoms with van der Waals surface area (Å²) < 4.78 is 0. The van der Waals surface area contributed by atoms with Crippen LogP contribution in [0.4, 0.5) is 0 Å². The predicted molar refractivity (Wildman–Crippen MR) is 51.0 cm³/mol. The summed E-state index contributed by atoms with van der Waals surface area (Å²) in [5.74, 6) is 0. The van der Waals surface area contributed by atoms with Gasteiger partial charge in [-0.25, -0.2) is 0 Å². The van der Waals surface area contributed by atoms with Gasteiger partial charge in [0.05, 0.1) is 6.61 Å². The van der Waals surface area contributed by atoms with Gasteiger partial charge in [0.25, 0.3) is 0 Å². The molecule has 0 aliphatic heterocycles. The third-order valence-corrected chi connectivity index (χ3v) is 1.78. The molecule has 12 heavy (non-hydrogen) atoms. The Kier molecular flexibility index (Phi) is 3.55. The second-order valence-corrected chi connectivity index (χ2v) is 2.90. The highest BCUT2D eigenvalue weighted by molar-refractivity contribution is 5.18. The molecule has 0 atom stereocenters. The van der Waals surface area contributed by atoms with Gasteiger partial charge in [-0.2, -0.15) is 0 Å². The molecule has 0 aromatic heterocycles. The van der Waals surface area contributed by atoms with Gasteiger partial charge in [-0.15, -0.1) is 0 Å². The number of allylic oxidation sites excluding steroid dienone is 1. The van der Waals surface area contributed by atoms with Crippen molar-refractivity contribution in [3.63, 3.8) is 0 Å². The van der Waals surface area contributed by atoms with Crippen LogP contribution < -0.4 is 0 Å². The van der Waals surface area contributed by atoms with Crippen molar-refractivity contribution in [2.75, 3.05) is 6.61 Å². The highest BCUT2D eigenvalue weighted by Gasteiger charge is 1.88. The van der Waals surface area contributed by atoms with E-state index in [1.165, 1.54) is 5.56 Å². The molecular weight excluding hydrogens is 148 g/mol. The normalized spacial score (nSPS) is 11.7. The zero-order valence-corrected chi connectivity index (χ0v) is 7.33. The maximum Gasteiger partial charge on any atom is 0.0639 e. The van der Waals surface area contributed by atoms with Gasteiger partial charge in [0.1, 0.15) is 0 Å². The van der Waals surface area contributed by atoms with Crippen LogP contribution in [0.5, 0.6) is 0 Å². The first-order valence-electron chi connectivity index (χ1n) is 4.13. The Morgan fingerprint density at radius 1 is 1.33 bits per heavy atom. The van der Waals surface area contributed by atoms with E-state index in [1.807, 2.05) is 25.1 Å². The predicted octanol–water partition coefficient (Wildman–Crippen LogP) is 2.17. The molecule has 1 heteroatoms. The van der Waals surface area contributed by atoms with Gasteiger partial charge >= 0.3 is 0 Å². The fourth-order valence-electron chi connectivity index (χ4n) is 0.971. The lowest BCUT2D eigenvalue weighted by atomic mass is 10.1. The van der Waals surface area contributed by atoms with Crippen molar-refractivity contribution in [1.82, 2.24) is 0 Å². The summed E-state index contributed by atoms with van der Waals surface area (Å²) >= 11 is 0. The van der Waals surface area contributed by atoms with Crippen LogP contribution in [0.15, 0.2) is 42.0 Å². The average molecular weight is 162 g/mol. The SMILES string of the molecule is C/C(=C\Cc1ccccc1)CO. The van der Waals surface area contributed by atoms with Crippen LogP contribution in [-0.2, 0) is 6.42 Å². The second-order valence-electron chi connectivity index (χ2n) is 2.90. The number of hydrogen-bond donors (Lipinski definition) is 1. The molecular formula is C11H14O. The summed E-state index contributed by atoms with van der Waals surface area (Å²) in [6.45, 7) is 2.09. The second kappa shape index (κ2) is 4.73. The van der Waals surface area contributed by atoms with Gasteiger partial charge in [-0.05, 0) is 18.9 Å². The molecule has 0 aliphatic carbocycles. The molecule has 0 unspecified atom stereocenters. The Hall–Kier alpha value is -1.08. The van der Waals surface area contributed by atoms with Crippen LogP contribution in [0.3, 0.4) is 0 Å². The van der Waals surface area contributed by atoms with E-state index in [2.05, 4.69) is 18.2 Å². The van der Waals surface area contributed by atoms with Crippen LogP contribution in [0.25, 0.3) is 0 Å². The highest BCUT2D eigenvalue weighted by atomic mass is 16.3. The molecule has 0 fully saturated rings. The Morgan fingerprint density at radius 3 is 2.58 bits per heavy atom. The summed E-state index contributed by atoms with van der Waals surface area (Å²) in [7, 11) is 0. The minimum atomic E-state index is 0.160. The van der Waals surface area contributed by atoms with Gasteiger partial charge in [0.15, 0.2) is 0 Å². The molecule has 0 saturated carbocycles. The van der Waals surface area contributed by atoms with Crippen molar-refractivity contribution in [1.29, 1.82) is 0 Å². The van der Waals surface area contributed by atoms with E-state index < -0.39 is 0 Å². The van der Waals surface area contributed by atoms with Crippen molar-refractivity contribution < 1.29 is 5.11 Å². The maximum atomic E-state index is 8.74. The van der Waals surface area contributed by atoms with Crippen LogP contribution >= 0.6 is 0 Å². The molecule has 1 nitrogen and oxygen atoms in total. The van der Waals surface area contributed by atoms with Crippen molar-refractivity contribution in [3.05, 3.63) is 47.5 Å². The van der Waals surface area contributed by atoms with Crippen molar-refractivity contribution in [2.24, 2.45) is 0 Å². The lowest BCUT2D eigenvalue weighted by Crippen LogP contribution is -1.86.